The molecule has 0 saturated heterocycles. The molecule has 0 saturated carbocycles. The number of aromatic nitrogens is 2. The Balaban J connectivity index is 1.38. The molecule has 0 bridgehead atoms. The van der Waals surface area contributed by atoms with Crippen molar-refractivity contribution in [2.45, 2.75) is 25.8 Å². The normalized spacial score (nSPS) is 15.5. The van der Waals surface area contributed by atoms with Crippen molar-refractivity contribution in [3.63, 3.8) is 0 Å². The molecule has 1 amide bonds. The number of aryl methyl sites for hydroxylation is 2. The topological polar surface area (TPSA) is 71.3 Å². The summed E-state index contributed by atoms with van der Waals surface area (Å²) in [6.45, 7) is 3.79. The molecule has 0 aliphatic carbocycles. The number of nitrogens with one attached hydrogen (secondary N) is 2. The number of rotatable bonds is 7. The van der Waals surface area contributed by atoms with Gasteiger partial charge >= 0.3 is 0 Å². The van der Waals surface area contributed by atoms with Gasteiger partial charge in [0, 0.05) is 43.1 Å². The van der Waals surface area contributed by atoms with Crippen LogP contribution in [0.1, 0.15) is 23.5 Å². The van der Waals surface area contributed by atoms with Gasteiger partial charge in [-0.05, 0) is 60.9 Å². The van der Waals surface area contributed by atoms with Crippen LogP contribution in [0.3, 0.4) is 0 Å². The molecule has 7 heteroatoms. The maximum Gasteiger partial charge on any atom is 0.237 e. The van der Waals surface area contributed by atoms with Crippen LogP contribution in [0.5, 0.6) is 0 Å². The third-order valence-electron chi connectivity index (χ3n) is 4.94. The number of hydrogen-bond donors (Lipinski definition) is 2. The minimum atomic E-state index is -0.581. The van der Waals surface area contributed by atoms with Gasteiger partial charge in [0.15, 0.2) is 0 Å². The van der Waals surface area contributed by atoms with Crippen LogP contribution in [0, 0.1) is 12.7 Å². The molecule has 4 rings (SSSR count). The lowest BCUT2D eigenvalue weighted by molar-refractivity contribution is -0.115. The quantitative estimate of drug-likeness (QED) is 0.467. The van der Waals surface area contributed by atoms with Crippen LogP contribution in [0.2, 0.25) is 0 Å². The maximum absolute atomic E-state index is 13.5. The molecule has 148 valence electrons. The van der Waals surface area contributed by atoms with E-state index in [2.05, 4.69) is 25.2 Å². The minimum Gasteiger partial charge on any atom is -0.385 e. The predicted molar refractivity (Wildman–Crippen MR) is 112 cm³/mol. The smallest absolute Gasteiger partial charge is 0.237 e. The van der Waals surface area contributed by atoms with Crippen LogP contribution in [-0.2, 0) is 11.3 Å². The van der Waals surface area contributed by atoms with E-state index >= 15 is 0 Å². The third-order valence-corrected chi connectivity index (χ3v) is 4.94. The van der Waals surface area contributed by atoms with Crippen molar-refractivity contribution in [1.29, 1.82) is 0 Å². The summed E-state index contributed by atoms with van der Waals surface area (Å²) in [6.07, 6.45) is 8.11. The van der Waals surface area contributed by atoms with Crippen molar-refractivity contribution in [2.24, 2.45) is 4.99 Å². The first-order chi connectivity index (χ1) is 14.1. The van der Waals surface area contributed by atoms with E-state index in [-0.39, 0.29) is 11.7 Å². The lowest BCUT2D eigenvalue weighted by atomic mass is 10.0. The Morgan fingerprint density at radius 1 is 1.31 bits per heavy atom. The first-order valence-corrected chi connectivity index (χ1v) is 9.55. The van der Waals surface area contributed by atoms with Gasteiger partial charge in [0.25, 0.3) is 0 Å². The Morgan fingerprint density at radius 3 is 3.00 bits per heavy atom. The molecule has 1 atom stereocenters. The molecule has 1 unspecified atom stereocenters. The Bertz CT molecular complexity index is 1050. The van der Waals surface area contributed by atoms with Crippen LogP contribution >= 0.6 is 0 Å². The van der Waals surface area contributed by atoms with Crippen molar-refractivity contribution < 1.29 is 9.18 Å². The lowest BCUT2D eigenvalue weighted by Crippen LogP contribution is -2.12. The zero-order chi connectivity index (χ0) is 20.2. The fraction of sp³-hybridized carbons (Fsp3) is 0.227. The highest BCUT2D eigenvalue weighted by molar-refractivity contribution is 6.12. The molecular weight excluding hydrogens is 369 g/mol. The summed E-state index contributed by atoms with van der Waals surface area (Å²) in [4.78, 5) is 20.7. The largest absolute Gasteiger partial charge is 0.385 e. The number of benzene rings is 2. The summed E-state index contributed by atoms with van der Waals surface area (Å²) < 4.78 is 15.6. The Morgan fingerprint density at radius 2 is 2.21 bits per heavy atom. The maximum atomic E-state index is 13.5. The van der Waals surface area contributed by atoms with Crippen molar-refractivity contribution in [1.82, 2.24) is 9.55 Å². The molecule has 2 heterocycles. The molecule has 3 aromatic rings. The molecule has 29 heavy (non-hydrogen) atoms. The molecule has 0 fully saturated rings. The number of anilines is 2. The summed E-state index contributed by atoms with van der Waals surface area (Å²) in [5, 5.41) is 6.19. The third kappa shape index (κ3) is 4.34. The summed E-state index contributed by atoms with van der Waals surface area (Å²) in [6, 6.07) is 10.2. The molecule has 1 aromatic heterocycles. The second-order valence-electron chi connectivity index (χ2n) is 7.06. The van der Waals surface area contributed by atoms with Gasteiger partial charge in [0.1, 0.15) is 11.7 Å². The molecule has 6 nitrogen and oxygen atoms in total. The second-order valence-corrected chi connectivity index (χ2v) is 7.06. The number of halogens is 1. The Hall–Kier alpha value is -3.48. The number of carbonyl (C=O) groups excluding carboxylic acids is 1. The van der Waals surface area contributed by atoms with E-state index in [1.165, 1.54) is 12.1 Å². The number of imidazole rings is 1. The summed E-state index contributed by atoms with van der Waals surface area (Å²) in [7, 11) is 0. The number of aliphatic imine (C=N–C) groups is 1. The van der Waals surface area contributed by atoms with Gasteiger partial charge in [-0.25, -0.2) is 9.37 Å². The van der Waals surface area contributed by atoms with Crippen molar-refractivity contribution >= 4 is 29.2 Å². The average molecular weight is 391 g/mol. The monoisotopic (exact) mass is 391 g/mol. The number of fused-ring (bicyclic) bond motifs is 1. The first kappa shape index (κ1) is 18.9. The van der Waals surface area contributed by atoms with Gasteiger partial charge in [-0.1, -0.05) is 0 Å². The summed E-state index contributed by atoms with van der Waals surface area (Å²) >= 11 is 0. The van der Waals surface area contributed by atoms with Crippen LogP contribution in [0.15, 0.2) is 60.1 Å². The van der Waals surface area contributed by atoms with Gasteiger partial charge in [-0.2, -0.15) is 0 Å². The SMILES string of the molecule is Cc1cc(N=CC2C(=O)Nc3ccc(F)cc32)ccc1NCCCn1ccnc1. The van der Waals surface area contributed by atoms with E-state index in [0.717, 1.165) is 36.4 Å². The number of carbonyl (C=O) groups is 1. The molecule has 2 aromatic carbocycles. The lowest BCUT2D eigenvalue weighted by Gasteiger charge is -2.10. The molecule has 0 radical (unpaired) electrons. The molecule has 1 aliphatic heterocycles. The number of nitrogens with zero attached hydrogens (tertiary/aromatic N) is 3. The van der Waals surface area contributed by atoms with Crippen LogP contribution in [0.25, 0.3) is 0 Å². The van der Waals surface area contributed by atoms with E-state index < -0.39 is 5.92 Å². The van der Waals surface area contributed by atoms with E-state index in [0.29, 0.717) is 11.3 Å². The van der Waals surface area contributed by atoms with Gasteiger partial charge in [0.05, 0.1) is 12.0 Å². The zero-order valence-electron chi connectivity index (χ0n) is 16.1. The highest BCUT2D eigenvalue weighted by Gasteiger charge is 2.29. The van der Waals surface area contributed by atoms with E-state index in [4.69, 9.17) is 0 Å². The summed E-state index contributed by atoms with van der Waals surface area (Å²) in [5.74, 6) is -1.14. The highest BCUT2D eigenvalue weighted by atomic mass is 19.1. The molecule has 2 N–H and O–H groups in total. The highest BCUT2D eigenvalue weighted by Crippen LogP contribution is 2.32. The molecular formula is C22H22FN5O. The van der Waals surface area contributed by atoms with Gasteiger partial charge in [0.2, 0.25) is 5.91 Å². The van der Waals surface area contributed by atoms with Crippen LogP contribution in [-0.4, -0.2) is 28.2 Å². The van der Waals surface area contributed by atoms with Gasteiger partial charge in [-0.15, -0.1) is 0 Å². The second kappa shape index (κ2) is 8.26. The number of amides is 1. The van der Waals surface area contributed by atoms with Crippen LogP contribution < -0.4 is 10.6 Å². The van der Waals surface area contributed by atoms with E-state index in [9.17, 15) is 9.18 Å². The fourth-order valence-corrected chi connectivity index (χ4v) is 3.40. The standard InChI is InChI=1S/C22H22FN5O/c1-15-11-17(4-6-20(15)25-7-2-9-28-10-8-24-14-28)26-13-19-18-12-16(23)3-5-21(18)27-22(19)29/h3-6,8,10-14,19,25H,2,7,9H2,1H3,(H,27,29). The number of hydrogen-bond acceptors (Lipinski definition) is 4. The molecule has 1 aliphatic rings. The Kier molecular flexibility index (Phi) is 5.37. The van der Waals surface area contributed by atoms with Crippen LogP contribution in [0.4, 0.5) is 21.5 Å². The fourth-order valence-electron chi connectivity index (χ4n) is 3.40. The minimum absolute atomic E-state index is 0.192. The Labute approximate surface area is 168 Å². The predicted octanol–water partition coefficient (Wildman–Crippen LogP) is 4.27. The summed E-state index contributed by atoms with van der Waals surface area (Å²) in [5.41, 5.74) is 4.14. The van der Waals surface area contributed by atoms with Crippen molar-refractivity contribution in [3.8, 4) is 0 Å². The van der Waals surface area contributed by atoms with E-state index in [1.54, 1.807) is 18.5 Å². The van der Waals surface area contributed by atoms with E-state index in [1.807, 2.05) is 37.6 Å². The van der Waals surface area contributed by atoms with Crippen molar-refractivity contribution in [2.75, 3.05) is 17.2 Å². The first-order valence-electron chi connectivity index (χ1n) is 9.55. The average Bonchev–Trinajstić information content (AvgIpc) is 3.32. The van der Waals surface area contributed by atoms with Gasteiger partial charge in [-0.3, -0.25) is 9.79 Å². The van der Waals surface area contributed by atoms with Crippen molar-refractivity contribution in [3.05, 3.63) is 72.1 Å². The van der Waals surface area contributed by atoms with Gasteiger partial charge < -0.3 is 15.2 Å². The molecule has 0 spiro atoms. The zero-order valence-corrected chi connectivity index (χ0v) is 16.1.